The van der Waals surface area contributed by atoms with Crippen LogP contribution in [0.4, 0.5) is 15.9 Å². The minimum Gasteiger partial charge on any atom is -0.508 e. The van der Waals surface area contributed by atoms with Crippen LogP contribution in [0.15, 0.2) is 24.5 Å². The second-order valence-electron chi connectivity index (χ2n) is 6.46. The number of nitrogens with one attached hydrogen (secondary N) is 1. The van der Waals surface area contributed by atoms with Crippen LogP contribution < -0.4 is 5.32 Å². The molecule has 26 heavy (non-hydrogen) atoms. The van der Waals surface area contributed by atoms with E-state index >= 15 is 0 Å². The maximum atomic E-state index is 14.1. The normalized spacial score (nSPS) is 18.0. The number of hydrogen-bond acceptors (Lipinski definition) is 6. The Balaban J connectivity index is 1.74. The highest BCUT2D eigenvalue weighted by Crippen LogP contribution is 2.30. The topological polar surface area (TPSA) is 85.1 Å². The molecule has 1 saturated heterocycles. The third kappa shape index (κ3) is 3.20. The van der Waals surface area contributed by atoms with Crippen molar-refractivity contribution in [3.8, 4) is 5.75 Å². The Morgan fingerprint density at radius 1 is 1.27 bits per heavy atom. The molecule has 2 aromatic heterocycles. The van der Waals surface area contributed by atoms with Gasteiger partial charge in [-0.05, 0) is 49.9 Å². The highest BCUT2D eigenvalue weighted by molar-refractivity contribution is 5.85. The Hall–Kier alpha value is -2.74. The van der Waals surface area contributed by atoms with Gasteiger partial charge in [0, 0.05) is 12.3 Å². The minimum absolute atomic E-state index is 0.168. The molecule has 8 heteroatoms. The molecular weight excluding hydrogens is 337 g/mol. The second-order valence-corrected chi connectivity index (χ2v) is 6.46. The lowest BCUT2D eigenvalue weighted by Crippen LogP contribution is -2.12. The van der Waals surface area contributed by atoms with Gasteiger partial charge in [-0.15, -0.1) is 0 Å². The molecule has 3 aromatic rings. The van der Waals surface area contributed by atoms with Gasteiger partial charge >= 0.3 is 6.08 Å². The van der Waals surface area contributed by atoms with Crippen molar-refractivity contribution in [1.82, 2.24) is 19.5 Å². The van der Waals surface area contributed by atoms with E-state index in [9.17, 15) is 9.50 Å². The summed E-state index contributed by atoms with van der Waals surface area (Å²) in [5.41, 5.74) is 2.40. The summed E-state index contributed by atoms with van der Waals surface area (Å²) in [4.78, 5) is 12.2. The maximum absolute atomic E-state index is 14.1. The number of aromatic hydroxyl groups is 1. The average molecular weight is 357 g/mol. The van der Waals surface area contributed by atoms with Gasteiger partial charge in [0.2, 0.25) is 0 Å². The molecule has 2 N–H and O–H groups in total. The Morgan fingerprint density at radius 2 is 2.15 bits per heavy atom. The zero-order valence-electron chi connectivity index (χ0n) is 14.4. The Bertz CT molecular complexity index is 935. The van der Waals surface area contributed by atoms with Gasteiger partial charge in [-0.25, -0.2) is 4.98 Å². The van der Waals surface area contributed by atoms with E-state index in [1.165, 1.54) is 0 Å². The molecular formula is C18H20FN5O2. The van der Waals surface area contributed by atoms with Crippen LogP contribution in [0, 0.1) is 13.0 Å². The molecule has 0 amide bonds. The Morgan fingerprint density at radius 3 is 3.00 bits per heavy atom. The number of phenolic OH excluding ortho intramolecular Hbond substituents is 1. The SMILES string of the molecule is Cc1cc(O)ccc1Nc1nc(F)nc2c1ncn2C1CCCCCO1. The van der Waals surface area contributed by atoms with Crippen molar-refractivity contribution in [2.75, 3.05) is 11.9 Å². The van der Waals surface area contributed by atoms with Crippen molar-refractivity contribution in [2.45, 2.75) is 38.8 Å². The van der Waals surface area contributed by atoms with Crippen LogP contribution in [0.25, 0.3) is 11.2 Å². The first-order valence-electron chi connectivity index (χ1n) is 8.70. The largest absolute Gasteiger partial charge is 0.508 e. The second kappa shape index (κ2) is 6.87. The molecule has 0 bridgehead atoms. The van der Waals surface area contributed by atoms with E-state index in [-0.39, 0.29) is 17.8 Å². The number of imidazole rings is 1. The van der Waals surface area contributed by atoms with Crippen LogP contribution in [0.2, 0.25) is 0 Å². The van der Waals surface area contributed by atoms with Gasteiger partial charge in [0.05, 0.1) is 6.33 Å². The van der Waals surface area contributed by atoms with Gasteiger partial charge < -0.3 is 15.2 Å². The van der Waals surface area contributed by atoms with Crippen LogP contribution >= 0.6 is 0 Å². The summed E-state index contributed by atoms with van der Waals surface area (Å²) in [6.45, 7) is 2.52. The molecule has 0 aliphatic carbocycles. The first-order valence-corrected chi connectivity index (χ1v) is 8.70. The maximum Gasteiger partial charge on any atom is 0.312 e. The summed E-state index contributed by atoms with van der Waals surface area (Å²) in [5.74, 6) is 0.454. The summed E-state index contributed by atoms with van der Waals surface area (Å²) in [7, 11) is 0. The van der Waals surface area contributed by atoms with Gasteiger partial charge in [0.25, 0.3) is 0 Å². The van der Waals surface area contributed by atoms with E-state index in [1.807, 2.05) is 6.92 Å². The number of phenols is 1. The fraction of sp³-hybridized carbons (Fsp3) is 0.389. The van der Waals surface area contributed by atoms with E-state index in [0.29, 0.717) is 23.5 Å². The first kappa shape index (κ1) is 16.7. The van der Waals surface area contributed by atoms with Crippen LogP contribution in [-0.2, 0) is 4.74 Å². The fourth-order valence-electron chi connectivity index (χ4n) is 3.22. The molecule has 0 spiro atoms. The number of halogens is 1. The van der Waals surface area contributed by atoms with E-state index < -0.39 is 6.08 Å². The zero-order valence-corrected chi connectivity index (χ0v) is 14.4. The molecule has 136 valence electrons. The van der Waals surface area contributed by atoms with E-state index in [1.54, 1.807) is 29.1 Å². The first-order chi connectivity index (χ1) is 12.6. The molecule has 7 nitrogen and oxygen atoms in total. The summed E-state index contributed by atoms with van der Waals surface area (Å²) in [6, 6.07) is 4.89. The summed E-state index contributed by atoms with van der Waals surface area (Å²) < 4.78 is 21.7. The van der Waals surface area contributed by atoms with Crippen LogP contribution in [0.3, 0.4) is 0 Å². The summed E-state index contributed by atoms with van der Waals surface area (Å²) in [6.07, 6.45) is 4.65. The molecule has 0 radical (unpaired) electrons. The number of benzene rings is 1. The van der Waals surface area contributed by atoms with Gasteiger partial charge in [-0.3, -0.25) is 4.57 Å². The number of aromatic nitrogens is 4. The monoisotopic (exact) mass is 357 g/mol. The Kier molecular flexibility index (Phi) is 4.42. The van der Waals surface area contributed by atoms with Crippen molar-refractivity contribution in [1.29, 1.82) is 0 Å². The lowest BCUT2D eigenvalue weighted by atomic mass is 10.2. The number of rotatable bonds is 3. The average Bonchev–Trinajstić information content (AvgIpc) is 2.84. The molecule has 1 unspecified atom stereocenters. The number of aryl methyl sites for hydroxylation is 1. The zero-order chi connectivity index (χ0) is 18.1. The van der Waals surface area contributed by atoms with Crippen molar-refractivity contribution >= 4 is 22.7 Å². The standard InChI is InChI=1S/C18H20FN5O2/c1-11-9-12(25)6-7-13(11)21-16-15-17(23-18(19)22-16)24(10-20-15)14-5-3-2-4-8-26-14/h6-7,9-10,14,25H,2-5,8H2,1H3,(H,21,22,23). The summed E-state index contributed by atoms with van der Waals surface area (Å²) in [5, 5.41) is 12.6. The van der Waals surface area contributed by atoms with Gasteiger partial charge in [0.15, 0.2) is 17.0 Å². The van der Waals surface area contributed by atoms with Crippen molar-refractivity contribution in [3.05, 3.63) is 36.2 Å². The fourth-order valence-corrected chi connectivity index (χ4v) is 3.22. The third-order valence-corrected chi connectivity index (χ3v) is 4.57. The number of ether oxygens (including phenoxy) is 1. The third-order valence-electron chi connectivity index (χ3n) is 4.57. The summed E-state index contributed by atoms with van der Waals surface area (Å²) >= 11 is 0. The molecule has 0 saturated carbocycles. The lowest BCUT2D eigenvalue weighted by molar-refractivity contribution is 0.00928. The van der Waals surface area contributed by atoms with Crippen LogP contribution in [0.5, 0.6) is 5.75 Å². The van der Waals surface area contributed by atoms with E-state index in [0.717, 1.165) is 31.2 Å². The quantitative estimate of drug-likeness (QED) is 0.548. The molecule has 1 fully saturated rings. The number of nitrogens with zero attached hydrogens (tertiary/aromatic N) is 4. The van der Waals surface area contributed by atoms with Gasteiger partial charge in [0.1, 0.15) is 12.0 Å². The molecule has 1 aliphatic rings. The Labute approximate surface area is 149 Å². The number of anilines is 2. The van der Waals surface area contributed by atoms with Crippen molar-refractivity contribution in [2.24, 2.45) is 0 Å². The molecule has 3 heterocycles. The lowest BCUT2D eigenvalue weighted by Gasteiger charge is -2.17. The predicted molar refractivity (Wildman–Crippen MR) is 94.9 cm³/mol. The highest BCUT2D eigenvalue weighted by Gasteiger charge is 2.21. The smallest absolute Gasteiger partial charge is 0.312 e. The molecule has 1 aliphatic heterocycles. The molecule has 1 atom stereocenters. The number of fused-ring (bicyclic) bond motifs is 1. The van der Waals surface area contributed by atoms with Gasteiger partial charge in [-0.2, -0.15) is 14.4 Å². The minimum atomic E-state index is -0.827. The van der Waals surface area contributed by atoms with Gasteiger partial charge in [-0.1, -0.05) is 6.42 Å². The molecule has 4 rings (SSSR count). The molecule has 1 aromatic carbocycles. The van der Waals surface area contributed by atoms with Crippen LogP contribution in [-0.4, -0.2) is 31.2 Å². The van der Waals surface area contributed by atoms with E-state index in [4.69, 9.17) is 4.74 Å². The van der Waals surface area contributed by atoms with Crippen molar-refractivity contribution in [3.63, 3.8) is 0 Å². The highest BCUT2D eigenvalue weighted by atomic mass is 19.1. The predicted octanol–water partition coefficient (Wildman–Crippen LogP) is 3.81. The van der Waals surface area contributed by atoms with Crippen LogP contribution in [0.1, 0.15) is 37.5 Å². The van der Waals surface area contributed by atoms with E-state index in [2.05, 4.69) is 20.3 Å². The number of hydrogen-bond donors (Lipinski definition) is 2. The van der Waals surface area contributed by atoms with Crippen molar-refractivity contribution < 1.29 is 14.2 Å².